The van der Waals surface area contributed by atoms with Crippen molar-refractivity contribution >= 4 is 39.2 Å². The maximum atomic E-state index is 12.0. The zero-order valence-corrected chi connectivity index (χ0v) is 11.0. The van der Waals surface area contributed by atoms with Crippen molar-refractivity contribution in [2.45, 2.75) is 12.5 Å². The summed E-state index contributed by atoms with van der Waals surface area (Å²) in [6.07, 6.45) is 0.535. The van der Waals surface area contributed by atoms with Gasteiger partial charge in [-0.15, -0.1) is 0 Å². The van der Waals surface area contributed by atoms with E-state index in [1.807, 2.05) is 18.2 Å². The molecule has 18 heavy (non-hydrogen) atoms. The Balaban J connectivity index is 1.98. The number of anilines is 2. The molecule has 0 bridgehead atoms. The zero-order valence-electron chi connectivity index (χ0n) is 9.39. The highest BCUT2D eigenvalue weighted by Gasteiger charge is 2.50. The van der Waals surface area contributed by atoms with Crippen LogP contribution in [0.4, 0.5) is 11.4 Å². The van der Waals surface area contributed by atoms with Gasteiger partial charge in [0, 0.05) is 4.47 Å². The maximum Gasteiger partial charge on any atom is 0.308 e. The average molecular weight is 311 g/mol. The lowest BCUT2D eigenvalue weighted by atomic mass is 10.2. The minimum Gasteiger partial charge on any atom is -0.481 e. The second kappa shape index (κ2) is 3.98. The topological polar surface area (TPSA) is 69.6 Å². The highest BCUT2D eigenvalue weighted by Crippen LogP contribution is 2.43. The van der Waals surface area contributed by atoms with Crippen molar-refractivity contribution < 1.29 is 14.7 Å². The van der Waals surface area contributed by atoms with Crippen LogP contribution in [0, 0.1) is 5.92 Å². The first-order valence-electron chi connectivity index (χ1n) is 5.66. The molecule has 0 aromatic heterocycles. The summed E-state index contributed by atoms with van der Waals surface area (Å²) >= 11 is 3.37. The molecule has 1 saturated carbocycles. The summed E-state index contributed by atoms with van der Waals surface area (Å²) in [5.74, 6) is -1.34. The monoisotopic (exact) mass is 310 g/mol. The van der Waals surface area contributed by atoms with Gasteiger partial charge in [-0.25, -0.2) is 0 Å². The second-order valence-electron chi connectivity index (χ2n) is 4.53. The van der Waals surface area contributed by atoms with Crippen molar-refractivity contribution in [3.63, 3.8) is 0 Å². The molecule has 2 N–H and O–H groups in total. The quantitative estimate of drug-likeness (QED) is 0.872. The summed E-state index contributed by atoms with van der Waals surface area (Å²) < 4.78 is 0.871. The smallest absolute Gasteiger partial charge is 0.308 e. The fourth-order valence-electron chi connectivity index (χ4n) is 2.34. The normalized spacial score (nSPS) is 25.4. The number of carboxylic acid groups (broad SMARTS) is 1. The molecule has 2 unspecified atom stereocenters. The van der Waals surface area contributed by atoms with E-state index in [-0.39, 0.29) is 18.5 Å². The summed E-state index contributed by atoms with van der Waals surface area (Å²) in [7, 11) is 0. The number of hydrogen-bond donors (Lipinski definition) is 2. The molecule has 94 valence electrons. The molecule has 0 radical (unpaired) electrons. The van der Waals surface area contributed by atoms with Gasteiger partial charge in [0.15, 0.2) is 0 Å². The summed E-state index contributed by atoms with van der Waals surface area (Å²) in [5.41, 5.74) is 1.63. The van der Waals surface area contributed by atoms with Crippen molar-refractivity contribution in [1.82, 2.24) is 0 Å². The van der Waals surface area contributed by atoms with Gasteiger partial charge >= 0.3 is 5.97 Å². The Labute approximate surface area is 112 Å². The Morgan fingerprint density at radius 1 is 1.50 bits per heavy atom. The third kappa shape index (κ3) is 1.77. The number of carbonyl (C=O) groups is 2. The number of benzene rings is 1. The number of rotatable bonds is 2. The molecule has 1 aromatic carbocycles. The number of nitrogens with zero attached hydrogens (tertiary/aromatic N) is 1. The molecule has 1 fully saturated rings. The zero-order chi connectivity index (χ0) is 12.9. The molecule has 0 saturated heterocycles. The van der Waals surface area contributed by atoms with Gasteiger partial charge in [0.2, 0.25) is 5.91 Å². The first-order chi connectivity index (χ1) is 8.58. The molecule has 1 amide bonds. The van der Waals surface area contributed by atoms with Gasteiger partial charge in [0.1, 0.15) is 0 Å². The number of halogens is 1. The predicted octanol–water partition coefficient (Wildman–Crippen LogP) is 1.68. The maximum absolute atomic E-state index is 12.0. The Bertz CT molecular complexity index is 546. The highest BCUT2D eigenvalue weighted by atomic mass is 79.9. The van der Waals surface area contributed by atoms with Crippen molar-refractivity contribution in [1.29, 1.82) is 0 Å². The van der Waals surface area contributed by atoms with Gasteiger partial charge in [0.25, 0.3) is 0 Å². The van der Waals surface area contributed by atoms with E-state index in [2.05, 4.69) is 21.2 Å². The minimum absolute atomic E-state index is 0.0747. The molecule has 1 aromatic rings. The largest absolute Gasteiger partial charge is 0.481 e. The van der Waals surface area contributed by atoms with Crippen LogP contribution in [0.5, 0.6) is 0 Å². The lowest BCUT2D eigenvalue weighted by Gasteiger charge is -2.30. The third-order valence-corrected chi connectivity index (χ3v) is 3.82. The highest BCUT2D eigenvalue weighted by molar-refractivity contribution is 9.10. The van der Waals surface area contributed by atoms with E-state index in [9.17, 15) is 9.59 Å². The van der Waals surface area contributed by atoms with E-state index < -0.39 is 11.9 Å². The molecule has 2 atom stereocenters. The van der Waals surface area contributed by atoms with Crippen LogP contribution in [0.25, 0.3) is 0 Å². The Kier molecular flexibility index (Phi) is 2.55. The first-order valence-corrected chi connectivity index (χ1v) is 6.45. The number of fused-ring (bicyclic) bond motifs is 1. The van der Waals surface area contributed by atoms with E-state index in [0.717, 1.165) is 15.8 Å². The standard InChI is InChI=1S/C12H11BrN2O3/c13-6-1-2-8-10(3-6)15(11(16)5-14-8)9-4-7(9)12(17)18/h1-3,7,9,14H,4-5H2,(H,17,18). The molecule has 0 spiro atoms. The molecule has 1 aliphatic carbocycles. The van der Waals surface area contributed by atoms with E-state index in [1.54, 1.807) is 4.90 Å². The Morgan fingerprint density at radius 2 is 2.28 bits per heavy atom. The Morgan fingerprint density at radius 3 is 2.94 bits per heavy atom. The van der Waals surface area contributed by atoms with Crippen LogP contribution in [0.15, 0.2) is 22.7 Å². The van der Waals surface area contributed by atoms with Crippen LogP contribution in [0.2, 0.25) is 0 Å². The van der Waals surface area contributed by atoms with Gasteiger partial charge in [-0.2, -0.15) is 0 Å². The van der Waals surface area contributed by atoms with Gasteiger partial charge < -0.3 is 15.3 Å². The van der Waals surface area contributed by atoms with Crippen molar-refractivity contribution in [3.8, 4) is 0 Å². The van der Waals surface area contributed by atoms with Crippen LogP contribution in [-0.2, 0) is 9.59 Å². The number of carbonyl (C=O) groups excluding carboxylic acids is 1. The Hall–Kier alpha value is -1.56. The van der Waals surface area contributed by atoms with Gasteiger partial charge in [-0.05, 0) is 24.6 Å². The fourth-order valence-corrected chi connectivity index (χ4v) is 2.69. The molecular weight excluding hydrogens is 300 g/mol. The molecule has 3 rings (SSSR count). The van der Waals surface area contributed by atoms with Gasteiger partial charge in [-0.1, -0.05) is 15.9 Å². The summed E-state index contributed by atoms with van der Waals surface area (Å²) in [6, 6.07) is 5.42. The lowest BCUT2D eigenvalue weighted by Crippen LogP contribution is -2.42. The second-order valence-corrected chi connectivity index (χ2v) is 5.44. The van der Waals surface area contributed by atoms with Crippen molar-refractivity contribution in [2.24, 2.45) is 5.92 Å². The molecule has 6 heteroatoms. The summed E-state index contributed by atoms with van der Waals surface area (Å²) in [6.45, 7) is 0.220. The van der Waals surface area contributed by atoms with Gasteiger partial charge in [0.05, 0.1) is 29.9 Å². The van der Waals surface area contributed by atoms with E-state index in [4.69, 9.17) is 5.11 Å². The summed E-state index contributed by atoms with van der Waals surface area (Å²) in [5, 5.41) is 12.0. The minimum atomic E-state index is -0.831. The van der Waals surface area contributed by atoms with Crippen molar-refractivity contribution in [3.05, 3.63) is 22.7 Å². The van der Waals surface area contributed by atoms with Crippen molar-refractivity contribution in [2.75, 3.05) is 16.8 Å². The SMILES string of the molecule is O=C(O)C1CC1N1C(=O)CNc2ccc(Br)cc21. The van der Waals surface area contributed by atoms with E-state index >= 15 is 0 Å². The van der Waals surface area contributed by atoms with Crippen LogP contribution in [-0.4, -0.2) is 29.6 Å². The molecule has 1 heterocycles. The number of nitrogens with one attached hydrogen (secondary N) is 1. The molecule has 2 aliphatic rings. The van der Waals surface area contributed by atoms with Gasteiger partial charge in [-0.3, -0.25) is 9.59 Å². The van der Waals surface area contributed by atoms with Crippen LogP contribution in [0.1, 0.15) is 6.42 Å². The third-order valence-electron chi connectivity index (χ3n) is 3.32. The van der Waals surface area contributed by atoms with Crippen LogP contribution < -0.4 is 10.2 Å². The van der Waals surface area contributed by atoms with E-state index in [0.29, 0.717) is 6.42 Å². The number of carboxylic acids is 1. The number of hydrogen-bond acceptors (Lipinski definition) is 3. The van der Waals surface area contributed by atoms with Crippen LogP contribution >= 0.6 is 15.9 Å². The number of amides is 1. The lowest BCUT2D eigenvalue weighted by molar-refractivity contribution is -0.138. The molecular formula is C12H11BrN2O3. The molecule has 1 aliphatic heterocycles. The number of aliphatic carboxylic acids is 1. The fraction of sp³-hybridized carbons (Fsp3) is 0.333. The van der Waals surface area contributed by atoms with Crippen LogP contribution in [0.3, 0.4) is 0 Å². The summed E-state index contributed by atoms with van der Waals surface area (Å²) in [4.78, 5) is 24.5. The molecule has 5 nitrogen and oxygen atoms in total. The predicted molar refractivity (Wildman–Crippen MR) is 69.6 cm³/mol. The average Bonchev–Trinajstić information content (AvgIpc) is 3.08. The first kappa shape index (κ1) is 11.5. The van der Waals surface area contributed by atoms with E-state index in [1.165, 1.54) is 0 Å².